The molecule has 6 nitrogen and oxygen atoms in total. The summed E-state index contributed by atoms with van der Waals surface area (Å²) < 4.78 is 11.2. The zero-order valence-corrected chi connectivity index (χ0v) is 15.2. The van der Waals surface area contributed by atoms with Gasteiger partial charge >= 0.3 is 0 Å². The molecule has 2 heterocycles. The van der Waals surface area contributed by atoms with Crippen molar-refractivity contribution in [3.63, 3.8) is 0 Å². The van der Waals surface area contributed by atoms with Crippen LogP contribution in [0, 0.1) is 5.92 Å². The molecule has 1 unspecified atom stereocenters. The Morgan fingerprint density at radius 3 is 2.79 bits per heavy atom. The van der Waals surface area contributed by atoms with Crippen molar-refractivity contribution in [1.82, 2.24) is 15.1 Å². The number of rotatable bonds is 8. The number of hydrogen-bond donors (Lipinski definition) is 1. The van der Waals surface area contributed by atoms with Crippen LogP contribution in [0.25, 0.3) is 0 Å². The number of aliphatic imine (C=N–C) groups is 1. The predicted octanol–water partition coefficient (Wildman–Crippen LogP) is 1.18. The van der Waals surface area contributed by atoms with Gasteiger partial charge in [-0.25, -0.2) is 0 Å². The van der Waals surface area contributed by atoms with Crippen LogP contribution in [0.4, 0.5) is 0 Å². The van der Waals surface area contributed by atoms with E-state index in [1.165, 1.54) is 19.3 Å². The molecule has 1 saturated carbocycles. The number of ether oxygens (including phenoxy) is 2. The normalized spacial score (nSPS) is 26.1. The second kappa shape index (κ2) is 9.59. The minimum absolute atomic E-state index is 0.652. The molecule has 138 valence electrons. The average Bonchev–Trinajstić information content (AvgIpc) is 3.31. The Bertz CT molecular complexity index is 394. The maximum Gasteiger partial charge on any atom is 0.193 e. The summed E-state index contributed by atoms with van der Waals surface area (Å²) in [6.07, 6.45) is 4.97. The van der Waals surface area contributed by atoms with E-state index in [1.54, 1.807) is 0 Å². The van der Waals surface area contributed by atoms with Gasteiger partial charge in [0.1, 0.15) is 0 Å². The van der Waals surface area contributed by atoms with E-state index in [-0.39, 0.29) is 0 Å². The molecule has 2 saturated heterocycles. The SMILES string of the molecule is CCNC(=NCCCOCC1CC1)N1CCC(N2CCOCC2)C1. The van der Waals surface area contributed by atoms with Crippen LogP contribution in [-0.2, 0) is 9.47 Å². The molecule has 3 aliphatic rings. The Labute approximate surface area is 146 Å². The first-order valence-corrected chi connectivity index (χ1v) is 9.79. The molecular weight excluding hydrogens is 304 g/mol. The van der Waals surface area contributed by atoms with Crippen LogP contribution in [0.3, 0.4) is 0 Å². The molecule has 0 aromatic heterocycles. The molecule has 6 heteroatoms. The largest absolute Gasteiger partial charge is 0.381 e. The minimum atomic E-state index is 0.652. The molecule has 1 N–H and O–H groups in total. The summed E-state index contributed by atoms with van der Waals surface area (Å²) in [6, 6.07) is 0.652. The lowest BCUT2D eigenvalue weighted by Gasteiger charge is -2.32. The summed E-state index contributed by atoms with van der Waals surface area (Å²) in [6.45, 7) is 11.8. The number of guanidine groups is 1. The van der Waals surface area contributed by atoms with Crippen LogP contribution in [0.5, 0.6) is 0 Å². The fourth-order valence-corrected chi connectivity index (χ4v) is 3.49. The lowest BCUT2D eigenvalue weighted by molar-refractivity contribution is 0.0195. The first kappa shape index (κ1) is 18.0. The van der Waals surface area contributed by atoms with E-state index in [4.69, 9.17) is 14.5 Å². The van der Waals surface area contributed by atoms with Crippen molar-refractivity contribution in [2.75, 3.05) is 65.7 Å². The summed E-state index contributed by atoms with van der Waals surface area (Å²) in [4.78, 5) is 9.82. The van der Waals surface area contributed by atoms with Crippen molar-refractivity contribution in [3.8, 4) is 0 Å². The lowest BCUT2D eigenvalue weighted by Crippen LogP contribution is -2.46. The predicted molar refractivity (Wildman–Crippen MR) is 96.5 cm³/mol. The molecule has 0 aromatic rings. The Hall–Kier alpha value is -0.850. The smallest absolute Gasteiger partial charge is 0.193 e. The van der Waals surface area contributed by atoms with Crippen molar-refractivity contribution in [2.24, 2.45) is 10.9 Å². The summed E-state index contributed by atoms with van der Waals surface area (Å²) in [5, 5.41) is 3.46. The van der Waals surface area contributed by atoms with Gasteiger partial charge in [-0.15, -0.1) is 0 Å². The van der Waals surface area contributed by atoms with Gasteiger partial charge in [0.15, 0.2) is 5.96 Å². The van der Waals surface area contributed by atoms with Crippen molar-refractivity contribution < 1.29 is 9.47 Å². The molecule has 0 spiro atoms. The first-order chi connectivity index (χ1) is 11.9. The number of hydrogen-bond acceptors (Lipinski definition) is 4. The summed E-state index contributed by atoms with van der Waals surface area (Å²) >= 11 is 0. The van der Waals surface area contributed by atoms with Gasteiger partial charge in [-0.1, -0.05) is 0 Å². The third-order valence-corrected chi connectivity index (χ3v) is 5.12. The summed E-state index contributed by atoms with van der Waals surface area (Å²) in [5.41, 5.74) is 0. The van der Waals surface area contributed by atoms with Gasteiger partial charge in [0.05, 0.1) is 13.2 Å². The minimum Gasteiger partial charge on any atom is -0.381 e. The molecule has 1 atom stereocenters. The van der Waals surface area contributed by atoms with Crippen LogP contribution in [-0.4, -0.2) is 87.5 Å². The maximum atomic E-state index is 5.70. The van der Waals surface area contributed by atoms with Gasteiger partial charge in [-0.3, -0.25) is 9.89 Å². The Morgan fingerprint density at radius 1 is 1.21 bits per heavy atom. The van der Waals surface area contributed by atoms with Gasteiger partial charge in [0.25, 0.3) is 0 Å². The third kappa shape index (κ3) is 5.60. The highest BCUT2D eigenvalue weighted by atomic mass is 16.5. The van der Waals surface area contributed by atoms with Crippen LogP contribution >= 0.6 is 0 Å². The fraction of sp³-hybridized carbons (Fsp3) is 0.944. The number of likely N-dealkylation sites (tertiary alicyclic amines) is 1. The van der Waals surface area contributed by atoms with Crippen molar-refractivity contribution in [3.05, 3.63) is 0 Å². The molecule has 1 aliphatic carbocycles. The molecule has 2 aliphatic heterocycles. The van der Waals surface area contributed by atoms with Gasteiger partial charge < -0.3 is 19.7 Å². The fourth-order valence-electron chi connectivity index (χ4n) is 3.49. The molecular formula is C18H34N4O2. The molecule has 0 aromatic carbocycles. The highest BCUT2D eigenvalue weighted by Crippen LogP contribution is 2.28. The molecule has 3 fully saturated rings. The van der Waals surface area contributed by atoms with Crippen LogP contribution in [0.2, 0.25) is 0 Å². The monoisotopic (exact) mass is 338 g/mol. The topological polar surface area (TPSA) is 49.3 Å². The number of nitrogens with one attached hydrogen (secondary N) is 1. The highest BCUT2D eigenvalue weighted by Gasteiger charge is 2.30. The quantitative estimate of drug-likeness (QED) is 0.409. The molecule has 24 heavy (non-hydrogen) atoms. The molecule has 0 bridgehead atoms. The Balaban J connectivity index is 1.39. The second-order valence-corrected chi connectivity index (χ2v) is 7.14. The van der Waals surface area contributed by atoms with Crippen molar-refractivity contribution in [2.45, 2.75) is 38.6 Å². The van der Waals surface area contributed by atoms with E-state index in [0.717, 1.165) is 84.0 Å². The van der Waals surface area contributed by atoms with Crippen molar-refractivity contribution >= 4 is 5.96 Å². The van der Waals surface area contributed by atoms with Crippen LogP contribution < -0.4 is 5.32 Å². The standard InChI is InChI=1S/C18H34N4O2/c1-2-19-18(20-7-3-11-24-15-16-4-5-16)22-8-6-17(14-22)21-9-12-23-13-10-21/h16-17H,2-15H2,1H3,(H,19,20). The van der Waals surface area contributed by atoms with Crippen molar-refractivity contribution in [1.29, 1.82) is 0 Å². The van der Waals surface area contributed by atoms with E-state index in [2.05, 4.69) is 22.0 Å². The number of morpholine rings is 1. The van der Waals surface area contributed by atoms with Gasteiger partial charge in [0.2, 0.25) is 0 Å². The lowest BCUT2D eigenvalue weighted by atomic mass is 10.2. The Kier molecular flexibility index (Phi) is 7.17. The van der Waals surface area contributed by atoms with Crippen LogP contribution in [0.15, 0.2) is 4.99 Å². The second-order valence-electron chi connectivity index (χ2n) is 7.14. The van der Waals surface area contributed by atoms with E-state index in [0.29, 0.717) is 6.04 Å². The first-order valence-electron chi connectivity index (χ1n) is 9.79. The summed E-state index contributed by atoms with van der Waals surface area (Å²) in [7, 11) is 0. The molecule has 0 amide bonds. The van der Waals surface area contributed by atoms with Crippen LogP contribution in [0.1, 0.15) is 32.6 Å². The van der Waals surface area contributed by atoms with Gasteiger partial charge in [-0.05, 0) is 38.5 Å². The third-order valence-electron chi connectivity index (χ3n) is 5.12. The zero-order chi connectivity index (χ0) is 16.6. The zero-order valence-electron chi connectivity index (χ0n) is 15.2. The highest BCUT2D eigenvalue weighted by molar-refractivity contribution is 5.80. The van der Waals surface area contributed by atoms with E-state index in [9.17, 15) is 0 Å². The number of nitrogens with zero attached hydrogens (tertiary/aromatic N) is 3. The van der Waals surface area contributed by atoms with Gasteiger partial charge in [0, 0.05) is 58.5 Å². The van der Waals surface area contributed by atoms with E-state index >= 15 is 0 Å². The molecule has 3 rings (SSSR count). The van der Waals surface area contributed by atoms with E-state index in [1.807, 2.05) is 0 Å². The average molecular weight is 338 g/mol. The van der Waals surface area contributed by atoms with E-state index < -0.39 is 0 Å². The Morgan fingerprint density at radius 2 is 2.04 bits per heavy atom. The summed E-state index contributed by atoms with van der Waals surface area (Å²) in [5.74, 6) is 1.93. The van der Waals surface area contributed by atoms with Gasteiger partial charge in [-0.2, -0.15) is 0 Å². The maximum absolute atomic E-state index is 5.70. The molecule has 0 radical (unpaired) electrons.